The van der Waals surface area contributed by atoms with Crippen molar-refractivity contribution in [2.75, 3.05) is 0 Å². The van der Waals surface area contributed by atoms with Gasteiger partial charge in [0.15, 0.2) is 5.78 Å². The van der Waals surface area contributed by atoms with Crippen molar-refractivity contribution in [1.82, 2.24) is 0 Å². The average Bonchev–Trinajstić information content (AvgIpc) is 2.46. The summed E-state index contributed by atoms with van der Waals surface area (Å²) in [6.07, 6.45) is 17.2. The molecule has 0 heterocycles. The first-order valence-corrected chi connectivity index (χ1v) is 8.66. The Labute approximate surface area is 136 Å². The molecule has 0 amide bonds. The van der Waals surface area contributed by atoms with Gasteiger partial charge in [-0.2, -0.15) is 0 Å². The predicted octanol–water partition coefficient (Wildman–Crippen LogP) is 6.48. The highest BCUT2D eigenvalue weighted by atomic mass is 16.1. The molecule has 0 saturated carbocycles. The zero-order valence-corrected chi connectivity index (χ0v) is 14.9. The lowest BCUT2D eigenvalue weighted by Gasteiger charge is -2.10. The van der Waals surface area contributed by atoms with Gasteiger partial charge in [-0.15, -0.1) is 0 Å². The fraction of sp³-hybridized carbons (Fsp3) is 0.571. The van der Waals surface area contributed by atoms with E-state index < -0.39 is 0 Å². The van der Waals surface area contributed by atoms with Crippen molar-refractivity contribution in [3.05, 3.63) is 46.6 Å². The summed E-state index contributed by atoms with van der Waals surface area (Å²) in [5, 5.41) is 0. The Hall–Kier alpha value is -1.37. The topological polar surface area (TPSA) is 17.1 Å². The van der Waals surface area contributed by atoms with Gasteiger partial charge in [0.05, 0.1) is 0 Å². The SMILES string of the molecule is CC(C)=CCC/C(C)=C/CC/C(C)=C/CC1=CCCCC1=O. The molecule has 1 nitrogen and oxygen atoms in total. The zero-order chi connectivity index (χ0) is 16.4. The van der Waals surface area contributed by atoms with Crippen LogP contribution in [-0.2, 0) is 4.79 Å². The van der Waals surface area contributed by atoms with Gasteiger partial charge in [0.25, 0.3) is 0 Å². The fourth-order valence-corrected chi connectivity index (χ4v) is 2.63. The lowest BCUT2D eigenvalue weighted by Crippen LogP contribution is -2.06. The van der Waals surface area contributed by atoms with Crippen molar-refractivity contribution < 1.29 is 4.79 Å². The molecule has 0 N–H and O–H groups in total. The highest BCUT2D eigenvalue weighted by Crippen LogP contribution is 2.19. The highest BCUT2D eigenvalue weighted by molar-refractivity contribution is 5.96. The van der Waals surface area contributed by atoms with Crippen LogP contribution in [-0.4, -0.2) is 5.78 Å². The molecule has 122 valence electrons. The molecule has 0 saturated heterocycles. The van der Waals surface area contributed by atoms with E-state index in [0.29, 0.717) is 5.78 Å². The van der Waals surface area contributed by atoms with E-state index in [0.717, 1.165) is 56.9 Å². The number of hydrogen-bond acceptors (Lipinski definition) is 1. The van der Waals surface area contributed by atoms with Crippen molar-refractivity contribution in [1.29, 1.82) is 0 Å². The maximum absolute atomic E-state index is 11.7. The Bertz CT molecular complexity index is 482. The summed E-state index contributed by atoms with van der Waals surface area (Å²) in [4.78, 5) is 11.7. The maximum atomic E-state index is 11.7. The highest BCUT2D eigenvalue weighted by Gasteiger charge is 2.11. The first-order chi connectivity index (χ1) is 10.5. The summed E-state index contributed by atoms with van der Waals surface area (Å²) in [6, 6.07) is 0. The number of carbonyl (C=O) groups is 1. The molecule has 0 bridgehead atoms. The molecule has 0 aromatic carbocycles. The molecular formula is C21H32O. The Balaban J connectivity index is 2.31. The summed E-state index contributed by atoms with van der Waals surface area (Å²) in [6.45, 7) is 8.71. The Morgan fingerprint density at radius 1 is 1.00 bits per heavy atom. The van der Waals surface area contributed by atoms with Gasteiger partial charge in [-0.05, 0) is 78.2 Å². The maximum Gasteiger partial charge on any atom is 0.158 e. The van der Waals surface area contributed by atoms with Crippen LogP contribution >= 0.6 is 0 Å². The predicted molar refractivity (Wildman–Crippen MR) is 97.0 cm³/mol. The van der Waals surface area contributed by atoms with Gasteiger partial charge in [0, 0.05) is 6.42 Å². The third kappa shape index (κ3) is 8.17. The summed E-state index contributed by atoms with van der Waals surface area (Å²) < 4.78 is 0. The first-order valence-electron chi connectivity index (χ1n) is 8.66. The van der Waals surface area contributed by atoms with Crippen LogP contribution in [0.5, 0.6) is 0 Å². The molecule has 0 atom stereocenters. The lowest BCUT2D eigenvalue weighted by atomic mass is 9.95. The normalized spacial score (nSPS) is 16.5. The second-order valence-corrected chi connectivity index (χ2v) is 6.71. The van der Waals surface area contributed by atoms with E-state index in [2.05, 4.69) is 52.0 Å². The van der Waals surface area contributed by atoms with Gasteiger partial charge >= 0.3 is 0 Å². The molecule has 0 aromatic rings. The molecule has 22 heavy (non-hydrogen) atoms. The number of allylic oxidation sites excluding steroid dienone is 8. The quantitative estimate of drug-likeness (QED) is 0.469. The second kappa shape index (κ2) is 10.4. The van der Waals surface area contributed by atoms with Crippen LogP contribution in [0.2, 0.25) is 0 Å². The van der Waals surface area contributed by atoms with Crippen LogP contribution in [0.15, 0.2) is 46.6 Å². The first kappa shape index (κ1) is 18.7. The summed E-state index contributed by atoms with van der Waals surface area (Å²) in [7, 11) is 0. The van der Waals surface area contributed by atoms with E-state index >= 15 is 0 Å². The Morgan fingerprint density at radius 2 is 1.64 bits per heavy atom. The Kier molecular flexibility index (Phi) is 8.81. The molecular weight excluding hydrogens is 268 g/mol. The molecule has 0 radical (unpaired) electrons. The van der Waals surface area contributed by atoms with E-state index in [4.69, 9.17) is 0 Å². The standard InChI is InChI=1S/C21H32O/c1-17(2)9-7-10-18(3)11-8-12-19(4)15-16-20-13-5-6-14-21(20)22/h9,11,13,15H,5-8,10,12,14,16H2,1-4H3/b18-11+,19-15+. The fourth-order valence-electron chi connectivity index (χ4n) is 2.63. The lowest BCUT2D eigenvalue weighted by molar-refractivity contribution is -0.116. The van der Waals surface area contributed by atoms with Gasteiger partial charge in [0.1, 0.15) is 0 Å². The van der Waals surface area contributed by atoms with Crippen molar-refractivity contribution in [3.63, 3.8) is 0 Å². The van der Waals surface area contributed by atoms with Crippen molar-refractivity contribution >= 4 is 5.78 Å². The largest absolute Gasteiger partial charge is 0.295 e. The van der Waals surface area contributed by atoms with E-state index in [1.165, 1.54) is 16.7 Å². The third-order valence-electron chi connectivity index (χ3n) is 4.15. The summed E-state index contributed by atoms with van der Waals surface area (Å²) in [5.74, 6) is 0.352. The summed E-state index contributed by atoms with van der Waals surface area (Å²) in [5.41, 5.74) is 5.31. The van der Waals surface area contributed by atoms with Crippen LogP contribution in [0, 0.1) is 0 Å². The molecule has 1 rings (SSSR count). The second-order valence-electron chi connectivity index (χ2n) is 6.71. The van der Waals surface area contributed by atoms with Gasteiger partial charge in [-0.1, -0.05) is 41.0 Å². The number of carbonyl (C=O) groups excluding carboxylic acids is 1. The molecule has 0 fully saturated rings. The van der Waals surface area contributed by atoms with E-state index in [1.807, 2.05) is 0 Å². The molecule has 0 spiro atoms. The van der Waals surface area contributed by atoms with Crippen LogP contribution < -0.4 is 0 Å². The van der Waals surface area contributed by atoms with Crippen molar-refractivity contribution in [3.8, 4) is 0 Å². The van der Waals surface area contributed by atoms with E-state index in [9.17, 15) is 4.79 Å². The van der Waals surface area contributed by atoms with Gasteiger partial charge in [-0.25, -0.2) is 0 Å². The van der Waals surface area contributed by atoms with Gasteiger partial charge in [-0.3, -0.25) is 4.79 Å². The Morgan fingerprint density at radius 3 is 2.27 bits per heavy atom. The molecule has 0 aromatic heterocycles. The van der Waals surface area contributed by atoms with Crippen LogP contribution in [0.3, 0.4) is 0 Å². The molecule has 0 aliphatic heterocycles. The molecule has 0 unspecified atom stereocenters. The van der Waals surface area contributed by atoms with Crippen LogP contribution in [0.25, 0.3) is 0 Å². The van der Waals surface area contributed by atoms with Gasteiger partial charge in [0.2, 0.25) is 0 Å². The monoisotopic (exact) mass is 300 g/mol. The number of ketones is 1. The minimum atomic E-state index is 0.352. The number of Topliss-reactive ketones (excluding diaryl/α,β-unsaturated/α-hetero) is 1. The van der Waals surface area contributed by atoms with E-state index in [-0.39, 0.29) is 0 Å². The zero-order valence-electron chi connectivity index (χ0n) is 14.9. The van der Waals surface area contributed by atoms with Gasteiger partial charge < -0.3 is 0 Å². The number of rotatable bonds is 8. The van der Waals surface area contributed by atoms with Crippen molar-refractivity contribution in [2.45, 2.75) is 79.1 Å². The van der Waals surface area contributed by atoms with Crippen molar-refractivity contribution in [2.24, 2.45) is 0 Å². The van der Waals surface area contributed by atoms with Crippen LogP contribution in [0.1, 0.15) is 79.1 Å². The summed E-state index contributed by atoms with van der Waals surface area (Å²) >= 11 is 0. The smallest absolute Gasteiger partial charge is 0.158 e. The van der Waals surface area contributed by atoms with Crippen LogP contribution in [0.4, 0.5) is 0 Å². The molecule has 1 aliphatic rings. The number of hydrogen-bond donors (Lipinski definition) is 0. The minimum absolute atomic E-state index is 0.352. The minimum Gasteiger partial charge on any atom is -0.295 e. The average molecular weight is 300 g/mol. The molecule has 1 heteroatoms. The third-order valence-corrected chi connectivity index (χ3v) is 4.15. The molecule has 1 aliphatic carbocycles. The van der Waals surface area contributed by atoms with E-state index in [1.54, 1.807) is 0 Å².